The Hall–Kier alpha value is -1.56. The maximum absolute atomic E-state index is 11.7. The van der Waals surface area contributed by atoms with Crippen LogP contribution in [0.25, 0.3) is 11.1 Å². The Morgan fingerprint density at radius 2 is 2.25 bits per heavy atom. The Morgan fingerprint density at radius 3 is 2.90 bits per heavy atom. The van der Waals surface area contributed by atoms with Gasteiger partial charge < -0.3 is 10.2 Å². The lowest BCUT2D eigenvalue weighted by molar-refractivity contribution is 0.513. The van der Waals surface area contributed by atoms with Crippen molar-refractivity contribution < 1.29 is 4.42 Å². The molecule has 0 fully saturated rings. The number of hydrogen-bond acceptors (Lipinski definition) is 4. The van der Waals surface area contributed by atoms with E-state index in [0.717, 1.165) is 16.0 Å². The third-order valence-corrected chi connectivity index (χ3v) is 4.74. The third-order valence-electron chi connectivity index (χ3n) is 3.29. The van der Waals surface area contributed by atoms with Gasteiger partial charge in [0.2, 0.25) is 0 Å². The minimum atomic E-state index is -0.345. The van der Waals surface area contributed by atoms with Gasteiger partial charge in [-0.15, -0.1) is 11.3 Å². The molecule has 0 saturated heterocycles. The van der Waals surface area contributed by atoms with Gasteiger partial charge in [-0.25, -0.2) is 4.79 Å². The fraction of sp³-hybridized carbons (Fsp3) is 0.214. The smallest absolute Gasteiger partial charge is 0.408 e. The normalized spacial score (nSPS) is 12.9. The minimum Gasteiger partial charge on any atom is -0.408 e. The van der Waals surface area contributed by atoms with E-state index >= 15 is 0 Å². The minimum absolute atomic E-state index is 0.317. The number of halogens is 1. The molecule has 3 aromatic rings. The van der Waals surface area contributed by atoms with E-state index in [4.69, 9.17) is 21.8 Å². The summed E-state index contributed by atoms with van der Waals surface area (Å²) in [5.74, 6) is -0.345. The van der Waals surface area contributed by atoms with Gasteiger partial charge >= 0.3 is 5.76 Å². The zero-order chi connectivity index (χ0) is 14.3. The van der Waals surface area contributed by atoms with Gasteiger partial charge in [0.05, 0.1) is 16.6 Å². The number of thiophene rings is 1. The van der Waals surface area contributed by atoms with Crippen molar-refractivity contribution in [3.05, 3.63) is 55.7 Å². The summed E-state index contributed by atoms with van der Waals surface area (Å²) in [7, 11) is 0. The molecule has 1 atom stereocenters. The average molecular weight is 309 g/mol. The van der Waals surface area contributed by atoms with Crippen LogP contribution in [0.1, 0.15) is 23.4 Å². The highest BCUT2D eigenvalue weighted by atomic mass is 35.5. The van der Waals surface area contributed by atoms with Gasteiger partial charge in [0, 0.05) is 11.4 Å². The zero-order valence-corrected chi connectivity index (χ0v) is 12.4. The second-order valence-corrected chi connectivity index (χ2v) is 5.80. The summed E-state index contributed by atoms with van der Waals surface area (Å²) in [6.45, 7) is 2.48. The van der Waals surface area contributed by atoms with Crippen molar-refractivity contribution >= 4 is 34.0 Å². The number of oxazole rings is 1. The molecule has 3 rings (SSSR count). The largest absolute Gasteiger partial charge is 0.419 e. The monoisotopic (exact) mass is 308 g/mol. The maximum atomic E-state index is 11.7. The number of rotatable bonds is 3. The molecule has 1 aromatic carbocycles. The van der Waals surface area contributed by atoms with Crippen molar-refractivity contribution in [1.29, 1.82) is 0 Å². The lowest BCUT2D eigenvalue weighted by atomic mass is 10.1. The number of aromatic nitrogens is 1. The summed E-state index contributed by atoms with van der Waals surface area (Å²) in [6.07, 6.45) is 0. The van der Waals surface area contributed by atoms with E-state index in [1.807, 2.05) is 36.6 Å². The molecular weight excluding hydrogens is 296 g/mol. The number of hydrogen-bond donors (Lipinski definition) is 1. The predicted octanol–water partition coefficient (Wildman–Crippen LogP) is 3.38. The first kappa shape index (κ1) is 13.4. The van der Waals surface area contributed by atoms with Crippen LogP contribution >= 0.6 is 22.9 Å². The van der Waals surface area contributed by atoms with E-state index in [-0.39, 0.29) is 11.8 Å². The van der Waals surface area contributed by atoms with Crippen LogP contribution in [0, 0.1) is 0 Å². The molecule has 2 heterocycles. The molecule has 0 spiro atoms. The number of benzene rings is 1. The molecule has 0 aliphatic carbocycles. The van der Waals surface area contributed by atoms with E-state index in [2.05, 4.69) is 0 Å². The molecule has 0 amide bonds. The highest BCUT2D eigenvalue weighted by Crippen LogP contribution is 2.32. The van der Waals surface area contributed by atoms with Crippen LogP contribution in [-0.4, -0.2) is 4.57 Å². The van der Waals surface area contributed by atoms with Gasteiger partial charge in [0.25, 0.3) is 0 Å². The van der Waals surface area contributed by atoms with Crippen LogP contribution in [0.3, 0.4) is 0 Å². The van der Waals surface area contributed by atoms with Crippen molar-refractivity contribution in [1.82, 2.24) is 4.57 Å². The van der Waals surface area contributed by atoms with Crippen molar-refractivity contribution in [3.63, 3.8) is 0 Å². The van der Waals surface area contributed by atoms with Gasteiger partial charge in [0.1, 0.15) is 0 Å². The second kappa shape index (κ2) is 5.09. The highest BCUT2D eigenvalue weighted by molar-refractivity contribution is 7.10. The van der Waals surface area contributed by atoms with Gasteiger partial charge in [-0.05, 0) is 36.1 Å². The van der Waals surface area contributed by atoms with Crippen LogP contribution in [0.5, 0.6) is 0 Å². The molecule has 20 heavy (non-hydrogen) atoms. The molecular formula is C14H13ClN2O2S. The van der Waals surface area contributed by atoms with Crippen molar-refractivity contribution in [2.45, 2.75) is 19.5 Å². The molecule has 4 nitrogen and oxygen atoms in total. The van der Waals surface area contributed by atoms with E-state index in [9.17, 15) is 4.79 Å². The van der Waals surface area contributed by atoms with E-state index < -0.39 is 0 Å². The predicted molar refractivity (Wildman–Crippen MR) is 81.5 cm³/mol. The Bertz CT molecular complexity index is 818. The van der Waals surface area contributed by atoms with Crippen LogP contribution in [0.4, 0.5) is 0 Å². The first-order chi connectivity index (χ1) is 9.61. The third kappa shape index (κ3) is 2.08. The van der Waals surface area contributed by atoms with Crippen LogP contribution in [-0.2, 0) is 6.54 Å². The number of nitrogens with zero attached hydrogens (tertiary/aromatic N) is 1. The summed E-state index contributed by atoms with van der Waals surface area (Å²) in [6, 6.07) is 7.09. The summed E-state index contributed by atoms with van der Waals surface area (Å²) in [5, 5.41) is 2.57. The molecule has 0 aliphatic rings. The molecule has 104 valence electrons. The summed E-state index contributed by atoms with van der Waals surface area (Å²) in [5.41, 5.74) is 8.44. The molecule has 0 aliphatic heterocycles. The molecule has 2 aromatic heterocycles. The quantitative estimate of drug-likeness (QED) is 0.807. The molecule has 6 heteroatoms. The molecule has 1 unspecified atom stereocenters. The SMILES string of the molecule is CCn1c(=O)oc2cc(C(N)c3sccc3Cl)ccc21. The zero-order valence-electron chi connectivity index (χ0n) is 10.8. The summed E-state index contributed by atoms with van der Waals surface area (Å²) in [4.78, 5) is 12.6. The average Bonchev–Trinajstić information content (AvgIpc) is 2.99. The fourth-order valence-corrected chi connectivity index (χ4v) is 3.46. The molecule has 0 radical (unpaired) electrons. The van der Waals surface area contributed by atoms with Gasteiger partial charge in [-0.1, -0.05) is 17.7 Å². The summed E-state index contributed by atoms with van der Waals surface area (Å²) < 4.78 is 6.84. The first-order valence-electron chi connectivity index (χ1n) is 6.23. The first-order valence-corrected chi connectivity index (χ1v) is 7.49. The van der Waals surface area contributed by atoms with Gasteiger partial charge in [-0.3, -0.25) is 4.57 Å². The van der Waals surface area contributed by atoms with E-state index in [1.54, 1.807) is 4.57 Å². The van der Waals surface area contributed by atoms with Crippen molar-refractivity contribution in [2.75, 3.05) is 0 Å². The lowest BCUT2D eigenvalue weighted by Crippen LogP contribution is -2.12. The van der Waals surface area contributed by atoms with Crippen LogP contribution in [0.2, 0.25) is 5.02 Å². The number of nitrogens with two attached hydrogens (primary N) is 1. The van der Waals surface area contributed by atoms with E-state index in [0.29, 0.717) is 17.2 Å². The standard InChI is InChI=1S/C14H13ClN2O2S/c1-2-17-10-4-3-8(7-11(10)19-14(17)18)12(16)13-9(15)5-6-20-13/h3-7,12H,2,16H2,1H3. The Balaban J connectivity index is 2.10. The number of fused-ring (bicyclic) bond motifs is 1. The van der Waals surface area contributed by atoms with Gasteiger partial charge in [0.15, 0.2) is 5.58 Å². The maximum Gasteiger partial charge on any atom is 0.419 e. The van der Waals surface area contributed by atoms with Crippen molar-refractivity contribution in [2.24, 2.45) is 5.73 Å². The van der Waals surface area contributed by atoms with Crippen LogP contribution in [0.15, 0.2) is 38.9 Å². The Kier molecular flexibility index (Phi) is 3.41. The molecule has 2 N–H and O–H groups in total. The fourth-order valence-electron chi connectivity index (χ4n) is 2.25. The van der Waals surface area contributed by atoms with Crippen molar-refractivity contribution in [3.8, 4) is 0 Å². The van der Waals surface area contributed by atoms with E-state index in [1.165, 1.54) is 11.3 Å². The topological polar surface area (TPSA) is 61.2 Å². The summed E-state index contributed by atoms with van der Waals surface area (Å²) >= 11 is 7.62. The highest BCUT2D eigenvalue weighted by Gasteiger charge is 2.16. The lowest BCUT2D eigenvalue weighted by Gasteiger charge is -2.10. The molecule has 0 bridgehead atoms. The van der Waals surface area contributed by atoms with Gasteiger partial charge in [-0.2, -0.15) is 0 Å². The Morgan fingerprint density at radius 1 is 1.45 bits per heavy atom. The molecule has 0 saturated carbocycles. The van der Waals surface area contributed by atoms with Crippen LogP contribution < -0.4 is 11.5 Å². The Labute approximate surface area is 124 Å². The second-order valence-electron chi connectivity index (χ2n) is 4.45. The number of aryl methyl sites for hydroxylation is 1.